The second-order valence-corrected chi connectivity index (χ2v) is 4.96. The maximum atomic E-state index is 5.70. The lowest BCUT2D eigenvalue weighted by Crippen LogP contribution is -2.25. The van der Waals surface area contributed by atoms with Gasteiger partial charge in [0.1, 0.15) is 6.23 Å². The number of hydrogen-bond donors (Lipinski definition) is 1. The summed E-state index contributed by atoms with van der Waals surface area (Å²) in [6.45, 7) is 3.17. The quantitative estimate of drug-likeness (QED) is 0.707. The van der Waals surface area contributed by atoms with Crippen LogP contribution in [0.4, 0.5) is 0 Å². The first-order valence-electron chi connectivity index (χ1n) is 4.81. The minimum atomic E-state index is 0.351. The summed E-state index contributed by atoms with van der Waals surface area (Å²) in [6.07, 6.45) is 3.38. The lowest BCUT2D eigenvalue weighted by Gasteiger charge is -2.14. The largest absolute Gasteiger partial charge is 0.359 e. The summed E-state index contributed by atoms with van der Waals surface area (Å²) in [6, 6.07) is 0. The fraction of sp³-hybridized carbons (Fsp3) is 1.00. The van der Waals surface area contributed by atoms with E-state index in [1.807, 2.05) is 0 Å². The van der Waals surface area contributed by atoms with Crippen molar-refractivity contribution >= 4 is 11.8 Å². The molecule has 2 heterocycles. The number of hydrogen-bond acceptors (Lipinski definition) is 3. The summed E-state index contributed by atoms with van der Waals surface area (Å²) in [5.74, 6) is 3.60. The molecule has 0 aromatic carbocycles. The molecule has 12 heavy (non-hydrogen) atoms. The van der Waals surface area contributed by atoms with Gasteiger partial charge in [-0.3, -0.25) is 5.32 Å². The van der Waals surface area contributed by atoms with Crippen LogP contribution in [0.15, 0.2) is 0 Å². The van der Waals surface area contributed by atoms with Gasteiger partial charge in [-0.15, -0.1) is 0 Å². The fourth-order valence-electron chi connectivity index (χ4n) is 1.88. The van der Waals surface area contributed by atoms with Crippen LogP contribution >= 0.6 is 11.8 Å². The Bertz CT molecular complexity index is 147. The van der Waals surface area contributed by atoms with Gasteiger partial charge in [-0.25, -0.2) is 0 Å². The average molecular weight is 187 g/mol. The van der Waals surface area contributed by atoms with E-state index >= 15 is 0 Å². The van der Waals surface area contributed by atoms with Crippen molar-refractivity contribution in [2.24, 2.45) is 5.92 Å². The summed E-state index contributed by atoms with van der Waals surface area (Å²) in [5.41, 5.74) is 0. The van der Waals surface area contributed by atoms with Crippen LogP contribution in [-0.2, 0) is 4.74 Å². The van der Waals surface area contributed by atoms with E-state index in [1.54, 1.807) is 0 Å². The molecule has 1 N–H and O–H groups in total. The molecule has 0 saturated carbocycles. The Kier molecular flexibility index (Phi) is 2.94. The molecule has 0 radical (unpaired) electrons. The molecule has 0 amide bonds. The van der Waals surface area contributed by atoms with Crippen LogP contribution in [0.1, 0.15) is 19.8 Å². The van der Waals surface area contributed by atoms with Gasteiger partial charge in [-0.2, -0.15) is 11.8 Å². The monoisotopic (exact) mass is 187 g/mol. The normalized spacial score (nSPS) is 42.2. The Morgan fingerprint density at radius 2 is 2.50 bits per heavy atom. The smallest absolute Gasteiger partial charge is 0.108 e. The number of thioether (sulfide) groups is 1. The second-order valence-electron chi connectivity index (χ2n) is 3.81. The maximum Gasteiger partial charge on any atom is 0.108 e. The van der Waals surface area contributed by atoms with E-state index in [-0.39, 0.29) is 0 Å². The Hall–Kier alpha value is 0.270. The zero-order chi connectivity index (χ0) is 8.39. The van der Waals surface area contributed by atoms with Crippen LogP contribution < -0.4 is 5.32 Å². The topological polar surface area (TPSA) is 21.3 Å². The molecule has 2 aliphatic heterocycles. The van der Waals surface area contributed by atoms with Crippen LogP contribution in [-0.4, -0.2) is 30.4 Å². The first-order valence-corrected chi connectivity index (χ1v) is 5.96. The molecule has 0 bridgehead atoms. The molecule has 3 unspecified atom stereocenters. The second kappa shape index (κ2) is 3.99. The summed E-state index contributed by atoms with van der Waals surface area (Å²) in [4.78, 5) is 0. The minimum Gasteiger partial charge on any atom is -0.359 e. The van der Waals surface area contributed by atoms with Crippen molar-refractivity contribution in [1.82, 2.24) is 5.32 Å². The molecule has 2 nitrogen and oxygen atoms in total. The van der Waals surface area contributed by atoms with E-state index in [2.05, 4.69) is 24.0 Å². The van der Waals surface area contributed by atoms with Crippen molar-refractivity contribution in [2.45, 2.75) is 32.1 Å². The van der Waals surface area contributed by atoms with Gasteiger partial charge in [0, 0.05) is 6.54 Å². The van der Waals surface area contributed by atoms with E-state index in [1.165, 1.54) is 24.3 Å². The highest BCUT2D eigenvalue weighted by atomic mass is 32.2. The van der Waals surface area contributed by atoms with Crippen LogP contribution in [0.3, 0.4) is 0 Å². The van der Waals surface area contributed by atoms with Crippen molar-refractivity contribution in [1.29, 1.82) is 0 Å². The molecule has 2 saturated heterocycles. The lowest BCUT2D eigenvalue weighted by atomic mass is 10.0. The lowest BCUT2D eigenvalue weighted by molar-refractivity contribution is 0.0378. The highest BCUT2D eigenvalue weighted by molar-refractivity contribution is 7.99. The van der Waals surface area contributed by atoms with E-state index in [0.717, 1.165) is 12.5 Å². The third-order valence-corrected chi connectivity index (χ3v) is 3.83. The molecule has 70 valence electrons. The molecule has 3 heteroatoms. The molecule has 0 spiro atoms. The van der Waals surface area contributed by atoms with Gasteiger partial charge < -0.3 is 4.74 Å². The molecule has 2 aliphatic rings. The van der Waals surface area contributed by atoms with E-state index in [4.69, 9.17) is 4.74 Å². The fourth-order valence-corrected chi connectivity index (χ4v) is 3.19. The van der Waals surface area contributed by atoms with Crippen molar-refractivity contribution in [2.75, 3.05) is 18.1 Å². The zero-order valence-corrected chi connectivity index (χ0v) is 8.40. The van der Waals surface area contributed by atoms with Crippen LogP contribution in [0.5, 0.6) is 0 Å². The van der Waals surface area contributed by atoms with Crippen molar-refractivity contribution in [3.8, 4) is 0 Å². The molecule has 0 aromatic rings. The van der Waals surface area contributed by atoms with Gasteiger partial charge in [-0.1, -0.05) is 0 Å². The van der Waals surface area contributed by atoms with Gasteiger partial charge in [0.25, 0.3) is 0 Å². The Morgan fingerprint density at radius 1 is 1.58 bits per heavy atom. The highest BCUT2D eigenvalue weighted by Crippen LogP contribution is 2.28. The highest BCUT2D eigenvalue weighted by Gasteiger charge is 2.25. The molecule has 0 aromatic heterocycles. The first-order chi connectivity index (χ1) is 5.84. The third-order valence-electron chi connectivity index (χ3n) is 2.60. The summed E-state index contributed by atoms with van der Waals surface area (Å²) in [5, 5.41) is 3.40. The van der Waals surface area contributed by atoms with Gasteiger partial charge in [0.15, 0.2) is 0 Å². The van der Waals surface area contributed by atoms with Gasteiger partial charge in [0.05, 0.1) is 6.10 Å². The molecule has 0 aliphatic carbocycles. The van der Waals surface area contributed by atoms with Gasteiger partial charge in [-0.05, 0) is 37.2 Å². The zero-order valence-electron chi connectivity index (χ0n) is 7.58. The minimum absolute atomic E-state index is 0.351. The predicted molar refractivity (Wildman–Crippen MR) is 52.4 cm³/mol. The number of nitrogens with one attached hydrogen (secondary N) is 1. The van der Waals surface area contributed by atoms with E-state index in [0.29, 0.717) is 12.3 Å². The van der Waals surface area contributed by atoms with Crippen molar-refractivity contribution < 1.29 is 4.74 Å². The third kappa shape index (κ3) is 2.15. The van der Waals surface area contributed by atoms with Crippen LogP contribution in [0, 0.1) is 5.92 Å². The molecular weight excluding hydrogens is 170 g/mol. The standard InChI is InChI=1S/C9H17NOS/c1-7-5-10-9(11-7)4-8-2-3-12-6-8/h7-10H,2-6H2,1H3. The molecular formula is C9H17NOS. The van der Waals surface area contributed by atoms with Crippen LogP contribution in [0.2, 0.25) is 0 Å². The van der Waals surface area contributed by atoms with Gasteiger partial charge in [0.2, 0.25) is 0 Å². The average Bonchev–Trinajstić information content (AvgIpc) is 2.63. The summed E-state index contributed by atoms with van der Waals surface area (Å²) >= 11 is 2.08. The van der Waals surface area contributed by atoms with Gasteiger partial charge >= 0.3 is 0 Å². The van der Waals surface area contributed by atoms with Crippen molar-refractivity contribution in [3.05, 3.63) is 0 Å². The first kappa shape index (κ1) is 8.85. The summed E-state index contributed by atoms with van der Waals surface area (Å²) in [7, 11) is 0. The Balaban J connectivity index is 1.72. The molecule has 3 atom stereocenters. The number of rotatable bonds is 2. The van der Waals surface area contributed by atoms with E-state index in [9.17, 15) is 0 Å². The van der Waals surface area contributed by atoms with Crippen molar-refractivity contribution in [3.63, 3.8) is 0 Å². The Morgan fingerprint density at radius 3 is 3.08 bits per heavy atom. The predicted octanol–water partition coefficient (Wildman–Crippen LogP) is 1.46. The van der Waals surface area contributed by atoms with E-state index < -0.39 is 0 Å². The summed E-state index contributed by atoms with van der Waals surface area (Å²) < 4.78 is 5.70. The van der Waals surface area contributed by atoms with Crippen LogP contribution in [0.25, 0.3) is 0 Å². The molecule has 2 rings (SSSR count). The molecule has 2 fully saturated rings. The maximum absolute atomic E-state index is 5.70. The number of ether oxygens (including phenoxy) is 1. The Labute approximate surface area is 78.4 Å². The SMILES string of the molecule is CC1CNC(CC2CCSC2)O1.